The molecule has 1 rings (SSSR count). The van der Waals surface area contributed by atoms with E-state index >= 15 is 0 Å². The Balaban J connectivity index is 3.26. The van der Waals surface area contributed by atoms with Crippen LogP contribution in [0.25, 0.3) is 5.70 Å². The quantitative estimate of drug-likeness (QED) is 0.362. The van der Waals surface area contributed by atoms with E-state index in [4.69, 9.17) is 15.8 Å². The molecule has 0 unspecified atom stereocenters. The minimum Gasteiger partial charge on any atom is -0.398 e. The minimum absolute atomic E-state index is 0.588. The van der Waals surface area contributed by atoms with E-state index in [9.17, 15) is 0 Å². The van der Waals surface area contributed by atoms with Gasteiger partial charge in [-0.05, 0) is 36.4 Å². The van der Waals surface area contributed by atoms with E-state index in [1.54, 1.807) is 12.1 Å². The second-order valence-electron chi connectivity index (χ2n) is 3.13. The summed E-state index contributed by atoms with van der Waals surface area (Å²) < 4.78 is 0. The normalized spacial score (nSPS) is 9.56. The van der Waals surface area contributed by atoms with Crippen molar-refractivity contribution in [2.75, 3.05) is 12.8 Å². The summed E-state index contributed by atoms with van der Waals surface area (Å²) in [6.07, 6.45) is 0. The van der Waals surface area contributed by atoms with Crippen molar-refractivity contribution in [2.45, 2.75) is 11.8 Å². The van der Waals surface area contributed by atoms with Gasteiger partial charge >= 0.3 is 0 Å². The number of rotatable bonds is 4. The van der Waals surface area contributed by atoms with Gasteiger partial charge in [-0.25, -0.2) is 0 Å². The molecule has 0 saturated carbocycles. The van der Waals surface area contributed by atoms with Crippen LogP contribution in [-0.2, 0) is 4.84 Å². The fourth-order valence-electron chi connectivity index (χ4n) is 1.39. The van der Waals surface area contributed by atoms with E-state index < -0.39 is 0 Å². The van der Waals surface area contributed by atoms with Crippen LogP contribution in [-0.4, -0.2) is 7.11 Å². The van der Waals surface area contributed by atoms with Crippen molar-refractivity contribution in [1.29, 1.82) is 5.26 Å². The number of nitrogen functional groups attached to an aromatic ring is 1. The first-order valence-electron chi connectivity index (χ1n) is 4.55. The molecule has 3 N–H and O–H groups in total. The first kappa shape index (κ1) is 12.4. The van der Waals surface area contributed by atoms with Crippen LogP contribution in [0.4, 0.5) is 5.69 Å². The number of anilines is 1. The van der Waals surface area contributed by atoms with Crippen LogP contribution in [0.5, 0.6) is 0 Å². The predicted octanol–water partition coefficient (Wildman–Crippen LogP) is 2.27. The van der Waals surface area contributed by atoms with Crippen LogP contribution < -0.4 is 11.2 Å². The average Bonchev–Trinajstić information content (AvgIpc) is 2.24. The molecule has 1 aromatic rings. The van der Waals surface area contributed by atoms with E-state index in [0.717, 1.165) is 27.8 Å². The summed E-state index contributed by atoms with van der Waals surface area (Å²) in [6.45, 7) is 5.73. The Kier molecular flexibility index (Phi) is 4.23. The van der Waals surface area contributed by atoms with E-state index in [1.807, 2.05) is 12.3 Å². The molecule has 0 aromatic heterocycles. The van der Waals surface area contributed by atoms with Crippen molar-refractivity contribution in [3.8, 4) is 5.40 Å². The Labute approximate surface area is 99.0 Å². The average molecular weight is 235 g/mol. The van der Waals surface area contributed by atoms with Crippen LogP contribution in [0.15, 0.2) is 23.6 Å². The van der Waals surface area contributed by atoms with Crippen LogP contribution >= 0.6 is 11.8 Å². The molecule has 16 heavy (non-hydrogen) atoms. The molecule has 0 aliphatic rings. The fraction of sp³-hybridized carbons (Fsp3) is 0.182. The van der Waals surface area contributed by atoms with Crippen molar-refractivity contribution in [1.82, 2.24) is 5.48 Å². The molecular formula is C11H13N3OS. The lowest BCUT2D eigenvalue weighted by atomic mass is 10.0. The van der Waals surface area contributed by atoms with E-state index in [-0.39, 0.29) is 0 Å². The topological polar surface area (TPSA) is 71.1 Å². The van der Waals surface area contributed by atoms with Gasteiger partial charge in [0, 0.05) is 16.1 Å². The molecule has 1 aromatic carbocycles. The lowest BCUT2D eigenvalue weighted by Gasteiger charge is -2.14. The van der Waals surface area contributed by atoms with Gasteiger partial charge < -0.3 is 5.73 Å². The Bertz CT molecular complexity index is 451. The SMILES string of the molecule is C=C(NOC)c1c(SC#N)ccc(N)c1C. The molecule has 0 bridgehead atoms. The third-order valence-corrected chi connectivity index (χ3v) is 2.80. The standard InChI is InChI=1S/C11H13N3OS/c1-7-9(13)4-5-10(16-6-12)11(7)8(2)14-15-3/h4-5,14H,2,13H2,1,3H3. The highest BCUT2D eigenvalue weighted by atomic mass is 32.2. The fourth-order valence-corrected chi connectivity index (χ4v) is 2.00. The van der Waals surface area contributed by atoms with Gasteiger partial charge in [0.05, 0.1) is 12.8 Å². The van der Waals surface area contributed by atoms with Crippen molar-refractivity contribution >= 4 is 23.1 Å². The second kappa shape index (κ2) is 5.45. The number of hydrogen-bond donors (Lipinski definition) is 2. The molecule has 84 valence electrons. The largest absolute Gasteiger partial charge is 0.398 e. The van der Waals surface area contributed by atoms with Crippen molar-refractivity contribution in [3.05, 3.63) is 29.8 Å². The van der Waals surface area contributed by atoms with Crippen molar-refractivity contribution in [2.24, 2.45) is 0 Å². The van der Waals surface area contributed by atoms with Gasteiger partial charge in [0.2, 0.25) is 0 Å². The highest BCUT2D eigenvalue weighted by Gasteiger charge is 2.12. The highest BCUT2D eigenvalue weighted by molar-refractivity contribution is 8.03. The first-order chi connectivity index (χ1) is 7.61. The molecule has 0 fully saturated rings. The lowest BCUT2D eigenvalue weighted by Crippen LogP contribution is -2.11. The van der Waals surface area contributed by atoms with Gasteiger partial charge in [-0.3, -0.25) is 10.3 Å². The molecule has 0 aliphatic carbocycles. The van der Waals surface area contributed by atoms with Gasteiger partial charge in [-0.1, -0.05) is 6.58 Å². The lowest BCUT2D eigenvalue weighted by molar-refractivity contribution is 0.136. The van der Waals surface area contributed by atoms with Crippen LogP contribution in [0.3, 0.4) is 0 Å². The zero-order valence-corrected chi connectivity index (χ0v) is 10.0. The summed E-state index contributed by atoms with van der Waals surface area (Å²) in [5, 5.41) is 10.8. The Morgan fingerprint density at radius 1 is 1.62 bits per heavy atom. The summed E-state index contributed by atoms with van der Waals surface area (Å²) >= 11 is 1.07. The van der Waals surface area contributed by atoms with Crippen molar-refractivity contribution < 1.29 is 4.84 Å². The van der Waals surface area contributed by atoms with Gasteiger partial charge in [0.1, 0.15) is 5.40 Å². The number of thioether (sulfide) groups is 1. The molecule has 0 spiro atoms. The molecular weight excluding hydrogens is 222 g/mol. The van der Waals surface area contributed by atoms with E-state index in [2.05, 4.69) is 12.1 Å². The summed E-state index contributed by atoms with van der Waals surface area (Å²) in [7, 11) is 1.50. The minimum atomic E-state index is 0.588. The number of nitriles is 1. The van der Waals surface area contributed by atoms with Gasteiger partial charge in [0.15, 0.2) is 0 Å². The number of benzene rings is 1. The third kappa shape index (κ3) is 2.48. The summed E-state index contributed by atoms with van der Waals surface area (Å²) in [5.41, 5.74) is 11.4. The molecule has 0 aliphatic heterocycles. The first-order valence-corrected chi connectivity index (χ1v) is 5.36. The summed E-state index contributed by atoms with van der Waals surface area (Å²) in [4.78, 5) is 5.61. The maximum absolute atomic E-state index is 8.72. The molecule has 0 atom stereocenters. The van der Waals surface area contributed by atoms with Crippen LogP contribution in [0, 0.1) is 17.6 Å². The van der Waals surface area contributed by atoms with Crippen molar-refractivity contribution in [3.63, 3.8) is 0 Å². The molecule has 0 heterocycles. The third-order valence-electron chi connectivity index (χ3n) is 2.15. The second-order valence-corrected chi connectivity index (χ2v) is 3.96. The zero-order valence-electron chi connectivity index (χ0n) is 9.20. The molecule has 0 amide bonds. The molecule has 4 nitrogen and oxygen atoms in total. The van der Waals surface area contributed by atoms with E-state index in [0.29, 0.717) is 11.4 Å². The number of nitrogens with two attached hydrogens (primary N) is 1. The number of hydroxylamine groups is 1. The number of nitrogens with one attached hydrogen (secondary N) is 1. The van der Waals surface area contributed by atoms with Gasteiger partial charge in [0.25, 0.3) is 0 Å². The Hall–Kier alpha value is -1.64. The van der Waals surface area contributed by atoms with Crippen LogP contribution in [0.1, 0.15) is 11.1 Å². The Morgan fingerprint density at radius 2 is 2.31 bits per heavy atom. The number of nitrogens with zero attached hydrogens (tertiary/aromatic N) is 1. The highest BCUT2D eigenvalue weighted by Crippen LogP contribution is 2.31. The monoisotopic (exact) mass is 235 g/mol. The summed E-state index contributed by atoms with van der Waals surface area (Å²) in [5.74, 6) is 0. The number of hydrogen-bond acceptors (Lipinski definition) is 5. The maximum atomic E-state index is 8.72. The molecule has 0 saturated heterocycles. The smallest absolute Gasteiger partial charge is 0.138 e. The summed E-state index contributed by atoms with van der Waals surface area (Å²) in [6, 6.07) is 3.58. The Morgan fingerprint density at radius 3 is 2.88 bits per heavy atom. The maximum Gasteiger partial charge on any atom is 0.138 e. The van der Waals surface area contributed by atoms with Gasteiger partial charge in [-0.2, -0.15) is 5.26 Å². The zero-order chi connectivity index (χ0) is 12.1. The van der Waals surface area contributed by atoms with Crippen LogP contribution in [0.2, 0.25) is 0 Å². The van der Waals surface area contributed by atoms with Gasteiger partial charge in [-0.15, -0.1) is 0 Å². The predicted molar refractivity (Wildman–Crippen MR) is 66.2 cm³/mol. The molecule has 0 radical (unpaired) electrons. The molecule has 5 heteroatoms. The van der Waals surface area contributed by atoms with E-state index in [1.165, 1.54) is 7.11 Å². The number of thiocyanates is 1.